The number of aromatic nitrogens is 4. The minimum Gasteiger partial charge on any atom is -0.507 e. The summed E-state index contributed by atoms with van der Waals surface area (Å²) in [7, 11) is 3.40. The number of methoxy groups -OCH3 is 1. The van der Waals surface area contributed by atoms with Crippen molar-refractivity contribution < 1.29 is 14.6 Å². The first-order valence-corrected chi connectivity index (χ1v) is 9.94. The number of phenolic OH excluding ortho intramolecular Hbond substituents is 1. The zero-order valence-electron chi connectivity index (χ0n) is 16.9. The van der Waals surface area contributed by atoms with Gasteiger partial charge in [0.1, 0.15) is 23.4 Å². The second kappa shape index (κ2) is 7.02. The van der Waals surface area contributed by atoms with E-state index in [1.54, 1.807) is 23.1 Å². The predicted octanol–water partition coefficient (Wildman–Crippen LogP) is 4.12. The van der Waals surface area contributed by atoms with E-state index < -0.39 is 0 Å². The van der Waals surface area contributed by atoms with E-state index in [4.69, 9.17) is 4.74 Å². The number of fused-ring (bicyclic) bond motifs is 1. The smallest absolute Gasteiger partial charge is 0.170 e. The molecule has 0 radical (unpaired) electrons. The molecule has 1 aliphatic carbocycles. The topological polar surface area (TPSA) is 82.2 Å². The van der Waals surface area contributed by atoms with Gasteiger partial charge in [0.2, 0.25) is 0 Å². The average Bonchev–Trinajstić information content (AvgIpc) is 3.27. The molecule has 30 heavy (non-hydrogen) atoms. The van der Waals surface area contributed by atoms with Crippen LogP contribution in [0.4, 0.5) is 0 Å². The van der Waals surface area contributed by atoms with Gasteiger partial charge in [-0.2, -0.15) is 5.10 Å². The van der Waals surface area contributed by atoms with Crippen LogP contribution in [0.3, 0.4) is 0 Å². The molecule has 2 heterocycles. The van der Waals surface area contributed by atoms with Crippen molar-refractivity contribution >= 4 is 16.8 Å². The second-order valence-electron chi connectivity index (χ2n) is 7.83. The van der Waals surface area contributed by atoms with E-state index in [-0.39, 0.29) is 17.1 Å². The van der Waals surface area contributed by atoms with Gasteiger partial charge in [-0.3, -0.25) is 14.0 Å². The molecule has 4 aromatic rings. The predicted molar refractivity (Wildman–Crippen MR) is 113 cm³/mol. The molecule has 2 aromatic carbocycles. The SMILES string of the molecule is COc1cc(-n2cnc3cc(-c4cnn(C)c4)ccc32)cc(O)c1C(=O)CC1CC1. The molecule has 1 aliphatic rings. The lowest BCUT2D eigenvalue weighted by atomic mass is 10.0. The van der Waals surface area contributed by atoms with Crippen molar-refractivity contribution in [3.05, 3.63) is 54.6 Å². The van der Waals surface area contributed by atoms with Gasteiger partial charge in [-0.25, -0.2) is 4.98 Å². The number of benzene rings is 2. The van der Waals surface area contributed by atoms with Gasteiger partial charge in [-0.15, -0.1) is 0 Å². The van der Waals surface area contributed by atoms with Crippen LogP contribution in [0.15, 0.2) is 49.1 Å². The molecule has 0 aliphatic heterocycles. The summed E-state index contributed by atoms with van der Waals surface area (Å²) in [6.07, 6.45) is 8.09. The van der Waals surface area contributed by atoms with Crippen molar-refractivity contribution in [2.75, 3.05) is 7.11 Å². The van der Waals surface area contributed by atoms with Crippen molar-refractivity contribution in [1.29, 1.82) is 0 Å². The van der Waals surface area contributed by atoms with Gasteiger partial charge < -0.3 is 9.84 Å². The molecule has 152 valence electrons. The number of rotatable bonds is 6. The number of aryl methyl sites for hydroxylation is 1. The fraction of sp³-hybridized carbons (Fsp3) is 0.261. The number of carbonyl (C=O) groups is 1. The van der Waals surface area contributed by atoms with Gasteiger partial charge in [-0.05, 0) is 36.5 Å². The van der Waals surface area contributed by atoms with Crippen LogP contribution in [0.5, 0.6) is 11.5 Å². The van der Waals surface area contributed by atoms with Crippen LogP contribution < -0.4 is 4.74 Å². The van der Waals surface area contributed by atoms with Gasteiger partial charge in [0.15, 0.2) is 5.78 Å². The number of hydrogen-bond donors (Lipinski definition) is 1. The molecule has 2 aromatic heterocycles. The van der Waals surface area contributed by atoms with Gasteiger partial charge in [0, 0.05) is 37.4 Å². The number of ether oxygens (including phenoxy) is 1. The minimum absolute atomic E-state index is 0.0659. The van der Waals surface area contributed by atoms with Crippen LogP contribution in [0.2, 0.25) is 0 Å². The Hall–Kier alpha value is -3.61. The first-order valence-electron chi connectivity index (χ1n) is 9.94. The Bertz CT molecular complexity index is 1270. The lowest BCUT2D eigenvalue weighted by Crippen LogP contribution is -2.05. The van der Waals surface area contributed by atoms with Crippen molar-refractivity contribution in [2.24, 2.45) is 13.0 Å². The molecule has 0 amide bonds. The number of phenols is 1. The second-order valence-corrected chi connectivity index (χ2v) is 7.83. The largest absolute Gasteiger partial charge is 0.507 e. The van der Waals surface area contributed by atoms with E-state index in [0.29, 0.717) is 23.8 Å². The average molecular weight is 402 g/mol. The highest BCUT2D eigenvalue weighted by atomic mass is 16.5. The fourth-order valence-corrected chi connectivity index (χ4v) is 3.82. The monoisotopic (exact) mass is 402 g/mol. The van der Waals surface area contributed by atoms with E-state index in [1.807, 2.05) is 42.2 Å². The zero-order chi connectivity index (χ0) is 20.8. The summed E-state index contributed by atoms with van der Waals surface area (Å²) in [4.78, 5) is 17.1. The third kappa shape index (κ3) is 3.22. The molecule has 0 unspecified atom stereocenters. The molecular formula is C23H22N4O3. The van der Waals surface area contributed by atoms with Gasteiger partial charge in [0.25, 0.3) is 0 Å². The Kier molecular flexibility index (Phi) is 4.31. The van der Waals surface area contributed by atoms with Gasteiger partial charge in [0.05, 0.1) is 30.0 Å². The number of ketones is 1. The van der Waals surface area contributed by atoms with E-state index in [2.05, 4.69) is 10.1 Å². The number of imidazole rings is 1. The maximum Gasteiger partial charge on any atom is 0.170 e. The molecule has 1 N–H and O–H groups in total. The van der Waals surface area contributed by atoms with Crippen LogP contribution in [-0.4, -0.2) is 37.3 Å². The number of Topliss-reactive ketones (excluding diaryl/α,β-unsaturated/α-hetero) is 1. The first-order chi connectivity index (χ1) is 14.5. The first kappa shape index (κ1) is 18.4. The third-order valence-electron chi connectivity index (χ3n) is 5.60. The summed E-state index contributed by atoms with van der Waals surface area (Å²) < 4.78 is 9.09. The zero-order valence-corrected chi connectivity index (χ0v) is 16.9. The lowest BCUT2D eigenvalue weighted by Gasteiger charge is -2.13. The molecule has 1 fully saturated rings. The molecule has 7 heteroatoms. The van der Waals surface area contributed by atoms with Crippen LogP contribution in [0.25, 0.3) is 27.8 Å². The van der Waals surface area contributed by atoms with E-state index in [0.717, 1.165) is 35.0 Å². The summed E-state index contributed by atoms with van der Waals surface area (Å²) in [6, 6.07) is 9.38. The Balaban J connectivity index is 1.54. The summed E-state index contributed by atoms with van der Waals surface area (Å²) in [5, 5.41) is 14.8. The molecule has 0 bridgehead atoms. The van der Waals surface area contributed by atoms with Crippen LogP contribution in [-0.2, 0) is 7.05 Å². The lowest BCUT2D eigenvalue weighted by molar-refractivity contribution is 0.0970. The van der Waals surface area contributed by atoms with Crippen molar-refractivity contribution in [2.45, 2.75) is 19.3 Å². The van der Waals surface area contributed by atoms with E-state index in [9.17, 15) is 9.90 Å². The Morgan fingerprint density at radius 2 is 2.07 bits per heavy atom. The third-order valence-corrected chi connectivity index (χ3v) is 5.60. The van der Waals surface area contributed by atoms with Crippen molar-refractivity contribution in [3.63, 3.8) is 0 Å². The normalized spacial score (nSPS) is 13.7. The van der Waals surface area contributed by atoms with Gasteiger partial charge in [-0.1, -0.05) is 6.07 Å². The van der Waals surface area contributed by atoms with E-state index >= 15 is 0 Å². The molecule has 0 spiro atoms. The summed E-state index contributed by atoms with van der Waals surface area (Å²) in [5.74, 6) is 0.677. The number of nitrogens with zero attached hydrogens (tertiary/aromatic N) is 4. The van der Waals surface area contributed by atoms with Crippen LogP contribution in [0.1, 0.15) is 29.6 Å². The number of hydrogen-bond acceptors (Lipinski definition) is 5. The Morgan fingerprint density at radius 1 is 1.23 bits per heavy atom. The molecule has 5 rings (SSSR count). The Labute approximate surface area is 173 Å². The Morgan fingerprint density at radius 3 is 2.77 bits per heavy atom. The molecule has 0 atom stereocenters. The molecule has 7 nitrogen and oxygen atoms in total. The highest BCUT2D eigenvalue weighted by Gasteiger charge is 2.28. The quantitative estimate of drug-likeness (QED) is 0.491. The number of aromatic hydroxyl groups is 1. The summed E-state index contributed by atoms with van der Waals surface area (Å²) in [6.45, 7) is 0. The highest BCUT2D eigenvalue weighted by Crippen LogP contribution is 2.38. The fourth-order valence-electron chi connectivity index (χ4n) is 3.82. The molecule has 1 saturated carbocycles. The van der Waals surface area contributed by atoms with E-state index in [1.165, 1.54) is 7.11 Å². The standard InChI is InChI=1S/C23H22N4O3/c1-26-12-16(11-25-26)15-5-6-19-18(8-15)24-13-27(19)17-9-21(29)23(22(10-17)30-2)20(28)7-14-3-4-14/h5-6,8-14,29H,3-4,7H2,1-2H3. The summed E-state index contributed by atoms with van der Waals surface area (Å²) in [5.41, 5.74) is 4.71. The van der Waals surface area contributed by atoms with Crippen molar-refractivity contribution in [3.8, 4) is 28.3 Å². The maximum atomic E-state index is 12.6. The van der Waals surface area contributed by atoms with Crippen LogP contribution in [0, 0.1) is 5.92 Å². The molecule has 0 saturated heterocycles. The van der Waals surface area contributed by atoms with Crippen molar-refractivity contribution in [1.82, 2.24) is 19.3 Å². The van der Waals surface area contributed by atoms with Crippen LogP contribution >= 0.6 is 0 Å². The minimum atomic E-state index is -0.0741. The summed E-state index contributed by atoms with van der Waals surface area (Å²) >= 11 is 0. The molecular weight excluding hydrogens is 380 g/mol. The highest BCUT2D eigenvalue weighted by molar-refractivity contribution is 6.02. The maximum absolute atomic E-state index is 12.6. The number of carbonyl (C=O) groups excluding carboxylic acids is 1. The van der Waals surface area contributed by atoms with Gasteiger partial charge >= 0.3 is 0 Å².